The van der Waals surface area contributed by atoms with Crippen LogP contribution in [0.3, 0.4) is 0 Å². The number of morpholine rings is 1. The molecule has 10 heteroatoms. The molecule has 28 heavy (non-hydrogen) atoms. The van der Waals surface area contributed by atoms with E-state index < -0.39 is 15.1 Å². The van der Waals surface area contributed by atoms with Gasteiger partial charge in [0, 0.05) is 44.7 Å². The predicted molar refractivity (Wildman–Crippen MR) is 104 cm³/mol. The molecular weight excluding hydrogens is 382 g/mol. The molecule has 0 unspecified atom stereocenters. The Labute approximate surface area is 164 Å². The molecule has 2 aromatic heterocycles. The van der Waals surface area contributed by atoms with Crippen LogP contribution in [-0.4, -0.2) is 75.2 Å². The van der Waals surface area contributed by atoms with Gasteiger partial charge in [0.05, 0.1) is 35.7 Å². The average molecular weight is 405 g/mol. The third-order valence-electron chi connectivity index (χ3n) is 4.95. The Hall–Kier alpha value is -2.30. The van der Waals surface area contributed by atoms with Crippen LogP contribution >= 0.6 is 0 Å². The van der Waals surface area contributed by atoms with Crippen LogP contribution in [0.4, 0.5) is 11.8 Å². The number of ether oxygens (including phenoxy) is 2. The lowest BCUT2D eigenvalue weighted by molar-refractivity contribution is 0.122. The fraction of sp³-hybridized carbons (Fsp3) is 0.500. The number of pyridine rings is 1. The van der Waals surface area contributed by atoms with Crippen LogP contribution in [0.1, 0.15) is 6.42 Å². The maximum atomic E-state index is 13.2. The number of rotatable bonds is 5. The van der Waals surface area contributed by atoms with Crippen LogP contribution in [0.5, 0.6) is 0 Å². The number of anilines is 2. The van der Waals surface area contributed by atoms with Crippen LogP contribution in [0, 0.1) is 0 Å². The summed E-state index contributed by atoms with van der Waals surface area (Å²) in [5, 5.41) is 2.34. The average Bonchev–Trinajstić information content (AvgIpc) is 3.30. The number of sulfone groups is 1. The minimum absolute atomic E-state index is 0.229. The van der Waals surface area contributed by atoms with Crippen LogP contribution in [0.2, 0.25) is 0 Å². The van der Waals surface area contributed by atoms with Crippen molar-refractivity contribution in [3.63, 3.8) is 0 Å². The first-order valence-electron chi connectivity index (χ1n) is 9.24. The summed E-state index contributed by atoms with van der Waals surface area (Å²) in [4.78, 5) is 15.4. The van der Waals surface area contributed by atoms with E-state index in [1.165, 1.54) is 0 Å². The molecule has 0 aliphatic carbocycles. The van der Waals surface area contributed by atoms with Crippen molar-refractivity contribution in [2.45, 2.75) is 16.6 Å². The first-order valence-corrected chi connectivity index (χ1v) is 10.8. The van der Waals surface area contributed by atoms with Crippen molar-refractivity contribution < 1.29 is 17.9 Å². The molecule has 4 heterocycles. The molecule has 2 fully saturated rings. The Morgan fingerprint density at radius 3 is 2.50 bits per heavy atom. The number of aromatic nitrogens is 3. The molecule has 2 aromatic rings. The molecule has 0 saturated carbocycles. The van der Waals surface area contributed by atoms with E-state index in [9.17, 15) is 8.42 Å². The quantitative estimate of drug-likeness (QED) is 0.779. The highest BCUT2D eigenvalue weighted by Gasteiger charge is 2.32. The second-order valence-electron chi connectivity index (χ2n) is 6.72. The van der Waals surface area contributed by atoms with Gasteiger partial charge in [0.2, 0.25) is 5.95 Å². The van der Waals surface area contributed by atoms with Crippen LogP contribution in [-0.2, 0) is 19.3 Å². The minimum atomic E-state index is -3.52. The maximum absolute atomic E-state index is 13.2. The normalized spacial score (nSPS) is 20.3. The lowest BCUT2D eigenvalue weighted by Gasteiger charge is -2.28. The summed E-state index contributed by atoms with van der Waals surface area (Å²) in [5.74, 6) is 1.11. The van der Waals surface area contributed by atoms with Crippen molar-refractivity contribution in [2.75, 3.05) is 56.8 Å². The summed E-state index contributed by atoms with van der Waals surface area (Å²) in [6, 6.07) is 3.26. The zero-order valence-corrected chi connectivity index (χ0v) is 16.5. The number of nitrogens with zero attached hydrogens (tertiary/aromatic N) is 4. The molecule has 2 saturated heterocycles. The van der Waals surface area contributed by atoms with Crippen molar-refractivity contribution in [1.29, 1.82) is 0 Å². The van der Waals surface area contributed by atoms with Crippen LogP contribution in [0.15, 0.2) is 29.4 Å². The molecule has 1 N–H and O–H groups in total. The highest BCUT2D eigenvalue weighted by Crippen LogP contribution is 2.29. The molecule has 2 aliphatic heterocycles. The van der Waals surface area contributed by atoms with E-state index >= 15 is 0 Å². The summed E-state index contributed by atoms with van der Waals surface area (Å²) < 4.78 is 37.0. The highest BCUT2D eigenvalue weighted by atomic mass is 32.2. The number of hydrogen-bond acceptors (Lipinski definition) is 9. The molecule has 0 amide bonds. The van der Waals surface area contributed by atoms with Gasteiger partial charge < -0.3 is 19.7 Å². The van der Waals surface area contributed by atoms with Gasteiger partial charge in [-0.05, 0) is 18.6 Å². The molecule has 1 atom stereocenters. The van der Waals surface area contributed by atoms with Crippen LogP contribution in [0.25, 0.3) is 11.3 Å². The van der Waals surface area contributed by atoms with Crippen molar-refractivity contribution in [2.24, 2.45) is 0 Å². The fourth-order valence-corrected chi connectivity index (χ4v) is 4.91. The van der Waals surface area contributed by atoms with Gasteiger partial charge in [-0.3, -0.25) is 0 Å². The standard InChI is InChI=1S/C18H23N5O4S/c1-19-18-20-10-13(11-21-18)16-8-15(28(24,25)14-2-5-27-12-14)9-17(22-16)23-3-6-26-7-4-23/h8-11,14H,2-7,12H2,1H3,(H,19,20,21)/t14-/m0/s1. The zero-order valence-electron chi connectivity index (χ0n) is 15.7. The van der Waals surface area contributed by atoms with E-state index in [-0.39, 0.29) is 11.5 Å². The second-order valence-corrected chi connectivity index (χ2v) is 8.95. The highest BCUT2D eigenvalue weighted by molar-refractivity contribution is 7.92. The Bertz CT molecular complexity index is 923. The van der Waals surface area contributed by atoms with Gasteiger partial charge in [-0.2, -0.15) is 0 Å². The monoisotopic (exact) mass is 405 g/mol. The van der Waals surface area contributed by atoms with Crippen molar-refractivity contribution >= 4 is 21.6 Å². The molecule has 2 aliphatic rings. The second kappa shape index (κ2) is 7.98. The van der Waals surface area contributed by atoms with E-state index in [0.717, 1.165) is 0 Å². The van der Waals surface area contributed by atoms with Gasteiger partial charge in [0.25, 0.3) is 0 Å². The maximum Gasteiger partial charge on any atom is 0.222 e. The van der Waals surface area contributed by atoms with Gasteiger partial charge in [0.1, 0.15) is 5.82 Å². The first-order chi connectivity index (χ1) is 13.6. The Morgan fingerprint density at radius 2 is 1.86 bits per heavy atom. The molecule has 9 nitrogen and oxygen atoms in total. The third-order valence-corrected chi connectivity index (χ3v) is 7.09. The number of hydrogen-bond donors (Lipinski definition) is 1. The Morgan fingerprint density at radius 1 is 1.11 bits per heavy atom. The third kappa shape index (κ3) is 3.80. The van der Waals surface area contributed by atoms with E-state index in [4.69, 9.17) is 14.5 Å². The summed E-state index contributed by atoms with van der Waals surface area (Å²) in [5.41, 5.74) is 1.19. The molecule has 4 rings (SSSR count). The summed E-state index contributed by atoms with van der Waals surface area (Å²) in [6.07, 6.45) is 3.78. The van der Waals surface area contributed by atoms with E-state index in [1.807, 2.05) is 4.90 Å². The SMILES string of the molecule is CNc1ncc(-c2cc(S(=O)(=O)[C@H]3CCOC3)cc(N3CCOCC3)n2)cn1. The molecule has 0 spiro atoms. The summed E-state index contributed by atoms with van der Waals surface area (Å²) in [7, 11) is -1.78. The lowest BCUT2D eigenvalue weighted by atomic mass is 10.2. The zero-order chi connectivity index (χ0) is 19.6. The van der Waals surface area contributed by atoms with E-state index in [2.05, 4.69) is 15.3 Å². The van der Waals surface area contributed by atoms with Gasteiger partial charge >= 0.3 is 0 Å². The lowest BCUT2D eigenvalue weighted by Crippen LogP contribution is -2.37. The summed E-state index contributed by atoms with van der Waals surface area (Å²) in [6.45, 7) is 3.20. The summed E-state index contributed by atoms with van der Waals surface area (Å²) >= 11 is 0. The molecule has 150 valence electrons. The van der Waals surface area contributed by atoms with Crippen LogP contribution < -0.4 is 10.2 Å². The Balaban J connectivity index is 1.78. The predicted octanol–water partition coefficient (Wildman–Crippen LogP) is 0.979. The van der Waals surface area contributed by atoms with Crippen molar-refractivity contribution in [1.82, 2.24) is 15.0 Å². The molecule has 0 aromatic carbocycles. The Kier molecular flexibility index (Phi) is 5.42. The van der Waals surface area contributed by atoms with Gasteiger partial charge in [0.15, 0.2) is 9.84 Å². The smallest absolute Gasteiger partial charge is 0.222 e. The minimum Gasteiger partial charge on any atom is -0.380 e. The van der Waals surface area contributed by atoms with E-state index in [0.29, 0.717) is 62.4 Å². The largest absolute Gasteiger partial charge is 0.380 e. The van der Waals surface area contributed by atoms with Gasteiger partial charge in [-0.1, -0.05) is 0 Å². The fourth-order valence-electron chi connectivity index (χ4n) is 3.30. The van der Waals surface area contributed by atoms with Gasteiger partial charge in [-0.25, -0.2) is 23.4 Å². The van der Waals surface area contributed by atoms with Crippen molar-refractivity contribution in [3.05, 3.63) is 24.5 Å². The molecule has 0 radical (unpaired) electrons. The molecular formula is C18H23N5O4S. The van der Waals surface area contributed by atoms with Gasteiger partial charge in [-0.15, -0.1) is 0 Å². The first kappa shape index (κ1) is 19.0. The topological polar surface area (TPSA) is 107 Å². The molecule has 0 bridgehead atoms. The number of nitrogens with one attached hydrogen (secondary N) is 1. The van der Waals surface area contributed by atoms with Crippen molar-refractivity contribution in [3.8, 4) is 11.3 Å². The van der Waals surface area contributed by atoms with E-state index in [1.54, 1.807) is 31.6 Å².